The summed E-state index contributed by atoms with van der Waals surface area (Å²) in [5.41, 5.74) is 1.83. The summed E-state index contributed by atoms with van der Waals surface area (Å²) in [4.78, 5) is 32.9. The van der Waals surface area contributed by atoms with Gasteiger partial charge in [-0.05, 0) is 41.5 Å². The lowest BCUT2D eigenvalue weighted by atomic mass is 9.87. The van der Waals surface area contributed by atoms with Gasteiger partial charge in [0.1, 0.15) is 6.61 Å². The molecule has 0 saturated carbocycles. The van der Waals surface area contributed by atoms with Crippen molar-refractivity contribution in [2.24, 2.45) is 5.92 Å². The molecule has 2 saturated heterocycles. The highest BCUT2D eigenvalue weighted by atomic mass is 16.7. The van der Waals surface area contributed by atoms with Gasteiger partial charge in [-0.25, -0.2) is 14.8 Å². The summed E-state index contributed by atoms with van der Waals surface area (Å²) in [5.74, 6) is -0.807. The number of hydrogen-bond donors (Lipinski definition) is 0. The van der Waals surface area contributed by atoms with Crippen molar-refractivity contribution in [3.63, 3.8) is 0 Å². The summed E-state index contributed by atoms with van der Waals surface area (Å²) < 4.78 is 5.00. The number of anilines is 1. The molecule has 2 aliphatic heterocycles. The molecule has 2 heterocycles. The number of cyclic esters (lactones) is 1. The number of hydroxylamine groups is 1. The predicted molar refractivity (Wildman–Crippen MR) is 113 cm³/mol. The van der Waals surface area contributed by atoms with E-state index in [-0.39, 0.29) is 25.1 Å². The van der Waals surface area contributed by atoms with Crippen LogP contribution in [0.3, 0.4) is 0 Å². The van der Waals surface area contributed by atoms with Crippen LogP contribution < -0.4 is 5.06 Å². The van der Waals surface area contributed by atoms with E-state index in [0.29, 0.717) is 0 Å². The van der Waals surface area contributed by atoms with E-state index < -0.39 is 18.1 Å². The number of ether oxygens (including phenoxy) is 1. The normalized spacial score (nSPS) is 23.8. The summed E-state index contributed by atoms with van der Waals surface area (Å²) in [6.45, 7) is 2.38. The Bertz CT molecular complexity index is 1100. The molecule has 2 amide bonds. The van der Waals surface area contributed by atoms with E-state index in [0.717, 1.165) is 22.0 Å². The van der Waals surface area contributed by atoms with Gasteiger partial charge in [0.15, 0.2) is 0 Å². The van der Waals surface area contributed by atoms with Gasteiger partial charge in [-0.2, -0.15) is 0 Å². The van der Waals surface area contributed by atoms with E-state index in [9.17, 15) is 9.59 Å². The van der Waals surface area contributed by atoms with Gasteiger partial charge in [0.2, 0.25) is 5.91 Å². The molecule has 0 radical (unpaired) electrons. The van der Waals surface area contributed by atoms with E-state index in [4.69, 9.17) is 9.57 Å². The highest BCUT2D eigenvalue weighted by Gasteiger charge is 2.49. The van der Waals surface area contributed by atoms with E-state index in [1.54, 1.807) is 5.06 Å². The molecule has 5 rings (SSSR count). The average molecular weight is 402 g/mol. The number of carbonyl (C=O) groups is 2. The molecule has 152 valence electrons. The second-order valence-corrected chi connectivity index (χ2v) is 7.65. The number of para-hydroxylation sites is 1. The van der Waals surface area contributed by atoms with Crippen LogP contribution in [-0.4, -0.2) is 36.2 Å². The van der Waals surface area contributed by atoms with Crippen LogP contribution in [0.2, 0.25) is 0 Å². The van der Waals surface area contributed by atoms with Gasteiger partial charge < -0.3 is 4.74 Å². The Labute approximate surface area is 174 Å². The Hall–Kier alpha value is -3.38. The lowest BCUT2D eigenvalue weighted by Gasteiger charge is -2.28. The molecular weight excluding hydrogens is 380 g/mol. The summed E-state index contributed by atoms with van der Waals surface area (Å²) >= 11 is 0. The molecule has 2 fully saturated rings. The number of imide groups is 1. The van der Waals surface area contributed by atoms with Crippen LogP contribution in [0.1, 0.15) is 18.5 Å². The van der Waals surface area contributed by atoms with Crippen LogP contribution in [-0.2, 0) is 14.4 Å². The fraction of sp³-hybridized carbons (Fsp3) is 0.250. The molecule has 0 spiro atoms. The molecule has 0 bridgehead atoms. The van der Waals surface area contributed by atoms with Gasteiger partial charge in [-0.15, -0.1) is 0 Å². The zero-order valence-electron chi connectivity index (χ0n) is 16.6. The molecule has 2 aliphatic rings. The topological polar surface area (TPSA) is 59.1 Å². The maximum Gasteiger partial charge on any atom is 0.416 e. The number of hydrogen-bond acceptors (Lipinski definition) is 5. The summed E-state index contributed by atoms with van der Waals surface area (Å²) in [6, 6.07) is 23.7. The molecule has 6 heteroatoms. The lowest BCUT2D eigenvalue weighted by molar-refractivity contribution is -0.133. The van der Waals surface area contributed by atoms with Crippen molar-refractivity contribution in [2.45, 2.75) is 19.1 Å². The largest absolute Gasteiger partial charge is 0.447 e. The van der Waals surface area contributed by atoms with Crippen molar-refractivity contribution in [1.29, 1.82) is 0 Å². The molecule has 30 heavy (non-hydrogen) atoms. The van der Waals surface area contributed by atoms with E-state index >= 15 is 0 Å². The van der Waals surface area contributed by atoms with Crippen molar-refractivity contribution in [3.05, 3.63) is 78.4 Å². The molecule has 3 aromatic rings. The first-order chi connectivity index (χ1) is 14.6. The van der Waals surface area contributed by atoms with Crippen LogP contribution in [0.25, 0.3) is 10.8 Å². The Morgan fingerprint density at radius 1 is 0.967 bits per heavy atom. The zero-order valence-corrected chi connectivity index (χ0v) is 16.6. The van der Waals surface area contributed by atoms with Gasteiger partial charge in [0, 0.05) is 0 Å². The molecule has 3 aromatic carbocycles. The fourth-order valence-corrected chi connectivity index (χ4v) is 4.35. The third-order valence-corrected chi connectivity index (χ3v) is 5.82. The second kappa shape index (κ2) is 7.46. The fourth-order valence-electron chi connectivity index (χ4n) is 4.35. The third-order valence-electron chi connectivity index (χ3n) is 5.82. The highest BCUT2D eigenvalue weighted by molar-refractivity contribution is 5.95. The first-order valence-electron chi connectivity index (χ1n) is 10.1. The SMILES string of the molecule is C[C@H]1ON(c2ccccc2)[C@@H](c2ccc3ccccc3c2)[C@@H]1C(=O)N1CCOC1=O. The maximum atomic E-state index is 13.4. The van der Waals surface area contributed by atoms with E-state index in [2.05, 4.69) is 24.3 Å². The summed E-state index contributed by atoms with van der Waals surface area (Å²) in [6.07, 6.45) is -0.981. The summed E-state index contributed by atoms with van der Waals surface area (Å²) in [5, 5.41) is 4.03. The average Bonchev–Trinajstić information content (AvgIpc) is 3.36. The van der Waals surface area contributed by atoms with Crippen LogP contribution >= 0.6 is 0 Å². The van der Waals surface area contributed by atoms with Crippen molar-refractivity contribution >= 4 is 28.5 Å². The number of carbonyl (C=O) groups excluding carboxylic acids is 2. The number of nitrogens with zero attached hydrogens (tertiary/aromatic N) is 2. The zero-order chi connectivity index (χ0) is 20.7. The maximum absolute atomic E-state index is 13.4. The standard InChI is InChI=1S/C24H22N2O4/c1-16-21(23(27)25-13-14-29-24(25)28)22(26(30-16)20-9-3-2-4-10-20)19-12-11-17-7-5-6-8-18(17)15-19/h2-12,15-16,21-22H,13-14H2,1H3/t16-,21-,22+/m1/s1. The lowest BCUT2D eigenvalue weighted by Crippen LogP contribution is -2.41. The van der Waals surface area contributed by atoms with Crippen LogP contribution in [0.15, 0.2) is 72.8 Å². The van der Waals surface area contributed by atoms with E-state index in [1.807, 2.05) is 55.5 Å². The number of rotatable bonds is 3. The first kappa shape index (κ1) is 18.6. The van der Waals surface area contributed by atoms with Crippen molar-refractivity contribution in [3.8, 4) is 0 Å². The molecule has 0 aromatic heterocycles. The van der Waals surface area contributed by atoms with Gasteiger partial charge in [-0.1, -0.05) is 54.6 Å². The first-order valence-corrected chi connectivity index (χ1v) is 10.1. The second-order valence-electron chi connectivity index (χ2n) is 7.65. The molecule has 0 N–H and O–H groups in total. The highest BCUT2D eigenvalue weighted by Crippen LogP contribution is 2.44. The number of amides is 2. The smallest absolute Gasteiger partial charge is 0.416 e. The Morgan fingerprint density at radius 3 is 2.43 bits per heavy atom. The molecule has 6 nitrogen and oxygen atoms in total. The van der Waals surface area contributed by atoms with Crippen molar-refractivity contribution in [2.75, 3.05) is 18.2 Å². The minimum absolute atomic E-state index is 0.232. The Morgan fingerprint density at radius 2 is 1.70 bits per heavy atom. The molecule has 0 aliphatic carbocycles. The minimum atomic E-state index is -0.581. The van der Waals surface area contributed by atoms with Gasteiger partial charge in [0.25, 0.3) is 0 Å². The van der Waals surface area contributed by atoms with Crippen molar-refractivity contribution in [1.82, 2.24) is 4.90 Å². The van der Waals surface area contributed by atoms with Gasteiger partial charge in [-0.3, -0.25) is 9.63 Å². The van der Waals surface area contributed by atoms with Crippen LogP contribution in [0.4, 0.5) is 10.5 Å². The van der Waals surface area contributed by atoms with Crippen molar-refractivity contribution < 1.29 is 19.2 Å². The molecule has 3 atom stereocenters. The quantitative estimate of drug-likeness (QED) is 0.653. The van der Waals surface area contributed by atoms with Crippen LogP contribution in [0.5, 0.6) is 0 Å². The Kier molecular flexibility index (Phi) is 4.64. The molecule has 0 unspecified atom stereocenters. The number of fused-ring (bicyclic) bond motifs is 1. The van der Waals surface area contributed by atoms with Crippen LogP contribution in [0, 0.1) is 5.92 Å². The number of benzene rings is 3. The summed E-state index contributed by atoms with van der Waals surface area (Å²) in [7, 11) is 0. The Balaban J connectivity index is 1.60. The monoisotopic (exact) mass is 402 g/mol. The third kappa shape index (κ3) is 3.09. The van der Waals surface area contributed by atoms with E-state index in [1.165, 1.54) is 4.90 Å². The minimum Gasteiger partial charge on any atom is -0.447 e. The van der Waals surface area contributed by atoms with Gasteiger partial charge >= 0.3 is 6.09 Å². The predicted octanol–water partition coefficient (Wildman–Crippen LogP) is 4.32. The van der Waals surface area contributed by atoms with Gasteiger partial charge in [0.05, 0.1) is 30.3 Å². The molecular formula is C24H22N2O4.